The Hall–Kier alpha value is -4.91. The van der Waals surface area contributed by atoms with Gasteiger partial charge in [-0.1, -0.05) is 44.2 Å². The number of aliphatic hydroxyl groups is 1. The highest BCUT2D eigenvalue weighted by atomic mass is 16.5. The third-order valence-corrected chi connectivity index (χ3v) is 6.48. The molecule has 3 aromatic carbocycles. The van der Waals surface area contributed by atoms with Crippen LogP contribution >= 0.6 is 0 Å². The monoisotopic (exact) mass is 534 g/mol. The smallest absolute Gasteiger partial charge is 0.300 e. The van der Waals surface area contributed by atoms with Crippen molar-refractivity contribution in [3.05, 3.63) is 120 Å². The Kier molecular flexibility index (Phi) is 7.64. The van der Waals surface area contributed by atoms with Gasteiger partial charge in [-0.05, 0) is 78.6 Å². The molecule has 1 fully saturated rings. The first-order valence-electron chi connectivity index (χ1n) is 13.1. The SMILES string of the molecule is Cc1cccc(Oc2ccc(N3C(=O)C(=O)/C(=C(\O)c4cccc(OCC(C)C)c4)C3c3cccnc3)cc2)c1. The summed E-state index contributed by atoms with van der Waals surface area (Å²) >= 11 is 0. The minimum absolute atomic E-state index is 0.0147. The number of aromatic nitrogens is 1. The van der Waals surface area contributed by atoms with Crippen LogP contribution in [0, 0.1) is 12.8 Å². The number of nitrogens with zero attached hydrogens (tertiary/aromatic N) is 2. The molecule has 1 amide bonds. The number of Topliss-reactive ketones (excluding diaryl/α,β-unsaturated/α-hetero) is 1. The average Bonchev–Trinajstić information content (AvgIpc) is 3.22. The van der Waals surface area contributed by atoms with E-state index in [4.69, 9.17) is 9.47 Å². The number of hydrogen-bond acceptors (Lipinski definition) is 6. The lowest BCUT2D eigenvalue weighted by Crippen LogP contribution is -2.29. The zero-order valence-corrected chi connectivity index (χ0v) is 22.6. The molecule has 0 radical (unpaired) electrons. The zero-order chi connectivity index (χ0) is 28.2. The minimum atomic E-state index is -0.877. The molecule has 1 atom stereocenters. The van der Waals surface area contributed by atoms with Crippen molar-refractivity contribution in [2.24, 2.45) is 5.92 Å². The summed E-state index contributed by atoms with van der Waals surface area (Å²) < 4.78 is 11.8. The third kappa shape index (κ3) is 5.59. The Labute approximate surface area is 233 Å². The molecule has 1 unspecified atom stereocenters. The van der Waals surface area contributed by atoms with Crippen molar-refractivity contribution in [1.82, 2.24) is 4.98 Å². The van der Waals surface area contributed by atoms with Crippen molar-refractivity contribution < 1.29 is 24.2 Å². The van der Waals surface area contributed by atoms with Crippen molar-refractivity contribution in [3.8, 4) is 17.2 Å². The van der Waals surface area contributed by atoms with Gasteiger partial charge in [0.1, 0.15) is 23.0 Å². The van der Waals surface area contributed by atoms with Gasteiger partial charge < -0.3 is 14.6 Å². The van der Waals surface area contributed by atoms with E-state index >= 15 is 0 Å². The maximum atomic E-state index is 13.4. The first-order valence-corrected chi connectivity index (χ1v) is 13.1. The predicted molar refractivity (Wildman–Crippen MR) is 153 cm³/mol. The lowest BCUT2D eigenvalue weighted by atomic mass is 9.96. The van der Waals surface area contributed by atoms with Crippen molar-refractivity contribution in [2.45, 2.75) is 26.8 Å². The quantitative estimate of drug-likeness (QED) is 0.151. The fourth-order valence-electron chi connectivity index (χ4n) is 4.59. The second-order valence-electron chi connectivity index (χ2n) is 10.1. The highest BCUT2D eigenvalue weighted by Crippen LogP contribution is 2.42. The van der Waals surface area contributed by atoms with E-state index in [-0.39, 0.29) is 11.3 Å². The highest BCUT2D eigenvalue weighted by molar-refractivity contribution is 6.51. The van der Waals surface area contributed by atoms with E-state index in [1.165, 1.54) is 4.90 Å². The van der Waals surface area contributed by atoms with E-state index in [0.717, 1.165) is 5.56 Å². The first-order chi connectivity index (χ1) is 19.3. The van der Waals surface area contributed by atoms with Crippen LogP contribution in [0.2, 0.25) is 0 Å². The molecule has 1 aliphatic heterocycles. The Balaban J connectivity index is 1.53. The summed E-state index contributed by atoms with van der Waals surface area (Å²) in [7, 11) is 0. The molecule has 4 aromatic rings. The molecule has 7 heteroatoms. The Morgan fingerprint density at radius 2 is 1.68 bits per heavy atom. The normalized spacial score (nSPS) is 16.4. The zero-order valence-electron chi connectivity index (χ0n) is 22.6. The molecule has 7 nitrogen and oxygen atoms in total. The molecular formula is C33H30N2O5. The predicted octanol–water partition coefficient (Wildman–Crippen LogP) is 6.84. The fraction of sp³-hybridized carbons (Fsp3) is 0.182. The van der Waals surface area contributed by atoms with Crippen LogP contribution in [-0.2, 0) is 9.59 Å². The number of anilines is 1. The second-order valence-corrected chi connectivity index (χ2v) is 10.1. The molecule has 1 N–H and O–H groups in total. The number of hydrogen-bond donors (Lipinski definition) is 1. The van der Waals surface area contributed by atoms with Crippen LogP contribution in [0.5, 0.6) is 17.2 Å². The van der Waals surface area contributed by atoms with Crippen molar-refractivity contribution >= 4 is 23.1 Å². The van der Waals surface area contributed by atoms with Gasteiger partial charge in [-0.3, -0.25) is 19.5 Å². The van der Waals surface area contributed by atoms with Crippen LogP contribution in [0.3, 0.4) is 0 Å². The van der Waals surface area contributed by atoms with Crippen LogP contribution < -0.4 is 14.4 Å². The van der Waals surface area contributed by atoms with Gasteiger partial charge in [0.15, 0.2) is 0 Å². The van der Waals surface area contributed by atoms with Crippen LogP contribution in [0.15, 0.2) is 103 Å². The van der Waals surface area contributed by atoms with E-state index in [0.29, 0.717) is 46.6 Å². The Morgan fingerprint density at radius 3 is 2.38 bits per heavy atom. The number of carbonyl (C=O) groups excluding carboxylic acids is 2. The maximum Gasteiger partial charge on any atom is 0.300 e. The molecule has 0 spiro atoms. The largest absolute Gasteiger partial charge is 0.507 e. The summed E-state index contributed by atoms with van der Waals surface area (Å²) in [5.74, 6) is 0.375. The molecule has 2 heterocycles. The summed E-state index contributed by atoms with van der Waals surface area (Å²) in [6.45, 7) is 6.58. The topological polar surface area (TPSA) is 89.0 Å². The van der Waals surface area contributed by atoms with Gasteiger partial charge >= 0.3 is 0 Å². The van der Waals surface area contributed by atoms with E-state index in [9.17, 15) is 14.7 Å². The lowest BCUT2D eigenvalue weighted by Gasteiger charge is -2.25. The Bertz CT molecular complexity index is 1560. The lowest BCUT2D eigenvalue weighted by molar-refractivity contribution is -0.132. The van der Waals surface area contributed by atoms with Crippen molar-refractivity contribution in [3.63, 3.8) is 0 Å². The molecule has 1 aliphatic rings. The minimum Gasteiger partial charge on any atom is -0.507 e. The molecule has 40 heavy (non-hydrogen) atoms. The van der Waals surface area contributed by atoms with Crippen molar-refractivity contribution in [1.29, 1.82) is 0 Å². The highest BCUT2D eigenvalue weighted by Gasteiger charge is 2.47. The van der Waals surface area contributed by atoms with Gasteiger partial charge in [0.25, 0.3) is 11.7 Å². The molecule has 5 rings (SSSR count). The number of pyridine rings is 1. The summed E-state index contributed by atoms with van der Waals surface area (Å²) in [4.78, 5) is 32.5. The average molecular weight is 535 g/mol. The molecule has 1 aromatic heterocycles. The molecule has 0 aliphatic carbocycles. The number of amides is 1. The van der Waals surface area contributed by atoms with E-state index in [1.807, 2.05) is 45.0 Å². The van der Waals surface area contributed by atoms with Crippen LogP contribution in [0.4, 0.5) is 5.69 Å². The summed E-state index contributed by atoms with van der Waals surface area (Å²) in [5, 5.41) is 11.4. The van der Waals surface area contributed by atoms with Crippen LogP contribution in [0.25, 0.3) is 5.76 Å². The number of aryl methyl sites for hydroxylation is 1. The van der Waals surface area contributed by atoms with Gasteiger partial charge in [-0.25, -0.2) is 0 Å². The fourth-order valence-corrected chi connectivity index (χ4v) is 4.59. The van der Waals surface area contributed by atoms with Gasteiger partial charge in [0.2, 0.25) is 0 Å². The summed E-state index contributed by atoms with van der Waals surface area (Å²) in [5.41, 5.74) is 2.52. The van der Waals surface area contributed by atoms with E-state index in [2.05, 4.69) is 4.98 Å². The van der Waals surface area contributed by atoms with Crippen LogP contribution in [0.1, 0.15) is 36.6 Å². The first kappa shape index (κ1) is 26.7. The van der Waals surface area contributed by atoms with Gasteiger partial charge in [0.05, 0.1) is 18.2 Å². The third-order valence-electron chi connectivity index (χ3n) is 6.48. The van der Waals surface area contributed by atoms with Gasteiger partial charge in [-0.15, -0.1) is 0 Å². The van der Waals surface area contributed by atoms with E-state index in [1.54, 1.807) is 73.1 Å². The molecular weight excluding hydrogens is 504 g/mol. The standard InChI is InChI=1S/C33H30N2O5/c1-21(2)20-39-27-10-5-8-23(18-27)31(36)29-30(24-9-6-16-34-19-24)35(33(38)32(29)37)25-12-14-26(15-13-25)40-28-11-4-7-22(3)17-28/h4-19,21,30,36H,20H2,1-3H3/b31-29-. The van der Waals surface area contributed by atoms with Crippen LogP contribution in [-0.4, -0.2) is 28.4 Å². The summed E-state index contributed by atoms with van der Waals surface area (Å²) in [6, 6.07) is 24.1. The van der Waals surface area contributed by atoms with Gasteiger partial charge in [-0.2, -0.15) is 0 Å². The maximum absolute atomic E-state index is 13.4. The number of rotatable bonds is 8. The number of carbonyl (C=O) groups is 2. The number of aliphatic hydroxyl groups excluding tert-OH is 1. The number of benzene rings is 3. The molecule has 202 valence electrons. The van der Waals surface area contributed by atoms with Gasteiger partial charge in [0, 0.05) is 23.6 Å². The molecule has 0 bridgehead atoms. The Morgan fingerprint density at radius 1 is 0.925 bits per heavy atom. The second kappa shape index (κ2) is 11.5. The molecule has 0 saturated carbocycles. The van der Waals surface area contributed by atoms with Crippen molar-refractivity contribution in [2.75, 3.05) is 11.5 Å². The number of ether oxygens (including phenoxy) is 2. The number of ketones is 1. The van der Waals surface area contributed by atoms with E-state index < -0.39 is 17.7 Å². The summed E-state index contributed by atoms with van der Waals surface area (Å²) in [6.07, 6.45) is 3.21. The molecule has 1 saturated heterocycles.